The molecule has 0 aliphatic rings. The Hall–Kier alpha value is -1.73. The molecule has 6 nitrogen and oxygen atoms in total. The van der Waals surface area contributed by atoms with Crippen LogP contribution in [0.4, 0.5) is 0 Å². The van der Waals surface area contributed by atoms with Crippen molar-refractivity contribution >= 4 is 21.8 Å². The number of sulfonamides is 1. The largest absolute Gasteiger partial charge is 0.481 e. The summed E-state index contributed by atoms with van der Waals surface area (Å²) in [5.74, 6) is -1.21. The molecule has 1 aromatic carbocycles. The summed E-state index contributed by atoms with van der Waals surface area (Å²) in [7, 11) is -2.47. The molecule has 7 heteroatoms. The number of ketones is 1. The standard InChI is InChI=1S/C13H17NO5S/c1-3-12(15)10-5-4-6-11(9-10)20(18,19)14(2)8-7-13(16)17/h4-6,9H,3,7-8H2,1-2H3,(H,16,17). The number of hydrogen-bond acceptors (Lipinski definition) is 4. The first-order valence-corrected chi connectivity index (χ1v) is 7.54. The van der Waals surface area contributed by atoms with Crippen LogP contribution >= 0.6 is 0 Å². The van der Waals surface area contributed by atoms with Gasteiger partial charge in [-0.15, -0.1) is 0 Å². The van der Waals surface area contributed by atoms with Crippen LogP contribution in [0.15, 0.2) is 29.2 Å². The summed E-state index contributed by atoms with van der Waals surface area (Å²) >= 11 is 0. The second-order valence-corrected chi connectivity index (χ2v) is 6.32. The van der Waals surface area contributed by atoms with Gasteiger partial charge in [0.25, 0.3) is 0 Å². The number of carbonyl (C=O) groups is 2. The third-order valence-corrected chi connectivity index (χ3v) is 4.68. The number of aliphatic carboxylic acids is 1. The van der Waals surface area contributed by atoms with Crippen molar-refractivity contribution in [3.05, 3.63) is 29.8 Å². The van der Waals surface area contributed by atoms with E-state index in [1.54, 1.807) is 13.0 Å². The van der Waals surface area contributed by atoms with E-state index in [-0.39, 0.29) is 23.6 Å². The van der Waals surface area contributed by atoms with Crippen LogP contribution in [0.3, 0.4) is 0 Å². The highest BCUT2D eigenvalue weighted by Gasteiger charge is 2.22. The fourth-order valence-corrected chi connectivity index (χ4v) is 2.81. The zero-order valence-electron chi connectivity index (χ0n) is 11.4. The fourth-order valence-electron chi connectivity index (χ4n) is 1.59. The van der Waals surface area contributed by atoms with Crippen LogP contribution in [-0.2, 0) is 14.8 Å². The zero-order valence-corrected chi connectivity index (χ0v) is 12.2. The molecule has 0 atom stereocenters. The molecule has 0 spiro atoms. The first-order chi connectivity index (χ1) is 9.28. The quantitative estimate of drug-likeness (QED) is 0.768. The van der Waals surface area contributed by atoms with E-state index in [9.17, 15) is 18.0 Å². The van der Waals surface area contributed by atoms with Crippen molar-refractivity contribution in [2.45, 2.75) is 24.7 Å². The SMILES string of the molecule is CCC(=O)c1cccc(S(=O)(=O)N(C)CCC(=O)O)c1. The molecule has 110 valence electrons. The molecule has 1 N–H and O–H groups in total. The number of nitrogens with zero attached hydrogens (tertiary/aromatic N) is 1. The molecule has 0 aliphatic heterocycles. The molecule has 0 fully saturated rings. The van der Waals surface area contributed by atoms with Gasteiger partial charge in [-0.1, -0.05) is 19.1 Å². The Balaban J connectivity index is 3.03. The minimum atomic E-state index is -3.78. The average Bonchev–Trinajstić information content (AvgIpc) is 2.43. The van der Waals surface area contributed by atoms with E-state index in [4.69, 9.17) is 5.11 Å². The molecule has 20 heavy (non-hydrogen) atoms. The van der Waals surface area contributed by atoms with Gasteiger partial charge in [-0.2, -0.15) is 0 Å². The van der Waals surface area contributed by atoms with Crippen LogP contribution in [0.5, 0.6) is 0 Å². The summed E-state index contributed by atoms with van der Waals surface area (Å²) in [4.78, 5) is 22.1. The summed E-state index contributed by atoms with van der Waals surface area (Å²) < 4.78 is 25.4. The van der Waals surface area contributed by atoms with Crippen molar-refractivity contribution in [1.29, 1.82) is 0 Å². The Bertz CT molecular complexity index is 609. The number of carboxylic acid groups (broad SMARTS) is 1. The van der Waals surface area contributed by atoms with Gasteiger partial charge in [-0.3, -0.25) is 9.59 Å². The van der Waals surface area contributed by atoms with Crippen molar-refractivity contribution in [1.82, 2.24) is 4.31 Å². The summed E-state index contributed by atoms with van der Waals surface area (Å²) in [6.45, 7) is 1.58. The van der Waals surface area contributed by atoms with Gasteiger partial charge in [0, 0.05) is 25.6 Å². The van der Waals surface area contributed by atoms with E-state index < -0.39 is 16.0 Å². The Morgan fingerprint density at radius 1 is 1.30 bits per heavy atom. The van der Waals surface area contributed by atoms with Gasteiger partial charge in [0.1, 0.15) is 0 Å². The maximum absolute atomic E-state index is 12.2. The van der Waals surface area contributed by atoms with Crippen molar-refractivity contribution in [3.63, 3.8) is 0 Å². The Morgan fingerprint density at radius 2 is 1.95 bits per heavy atom. The monoisotopic (exact) mass is 299 g/mol. The number of Topliss-reactive ketones (excluding diaryl/α,β-unsaturated/α-hetero) is 1. The van der Waals surface area contributed by atoms with Crippen LogP contribution in [0.25, 0.3) is 0 Å². The number of hydrogen-bond donors (Lipinski definition) is 1. The third-order valence-electron chi connectivity index (χ3n) is 2.83. The predicted octanol–water partition coefficient (Wildman–Crippen LogP) is 1.37. The molecular formula is C13H17NO5S. The average molecular weight is 299 g/mol. The zero-order chi connectivity index (χ0) is 15.3. The van der Waals surface area contributed by atoms with Gasteiger partial charge in [-0.05, 0) is 12.1 Å². The predicted molar refractivity (Wildman–Crippen MR) is 73.1 cm³/mol. The van der Waals surface area contributed by atoms with Crippen LogP contribution < -0.4 is 0 Å². The normalized spacial score (nSPS) is 11.6. The van der Waals surface area contributed by atoms with Crippen LogP contribution in [-0.4, -0.2) is 43.2 Å². The number of carboxylic acids is 1. The highest BCUT2D eigenvalue weighted by Crippen LogP contribution is 2.17. The number of rotatable bonds is 7. The van der Waals surface area contributed by atoms with E-state index in [2.05, 4.69) is 0 Å². The first kappa shape index (κ1) is 16.3. The molecular weight excluding hydrogens is 282 g/mol. The third kappa shape index (κ3) is 3.88. The summed E-state index contributed by atoms with van der Waals surface area (Å²) in [5.41, 5.74) is 0.334. The van der Waals surface area contributed by atoms with E-state index in [1.165, 1.54) is 25.2 Å². The molecule has 1 aromatic rings. The lowest BCUT2D eigenvalue weighted by Gasteiger charge is -2.16. The molecule has 0 heterocycles. The van der Waals surface area contributed by atoms with Crippen molar-refractivity contribution in [3.8, 4) is 0 Å². The van der Waals surface area contributed by atoms with Gasteiger partial charge in [0.2, 0.25) is 10.0 Å². The molecule has 0 radical (unpaired) electrons. The van der Waals surface area contributed by atoms with E-state index in [0.717, 1.165) is 4.31 Å². The maximum atomic E-state index is 12.2. The molecule has 1 rings (SSSR count). The Morgan fingerprint density at radius 3 is 2.50 bits per heavy atom. The first-order valence-electron chi connectivity index (χ1n) is 6.10. The summed E-state index contributed by atoms with van der Waals surface area (Å²) in [6, 6.07) is 5.76. The minimum Gasteiger partial charge on any atom is -0.481 e. The van der Waals surface area contributed by atoms with Gasteiger partial charge in [0.05, 0.1) is 11.3 Å². The molecule has 0 saturated carbocycles. The van der Waals surface area contributed by atoms with Gasteiger partial charge in [-0.25, -0.2) is 12.7 Å². The van der Waals surface area contributed by atoms with Crippen LogP contribution in [0, 0.1) is 0 Å². The van der Waals surface area contributed by atoms with E-state index >= 15 is 0 Å². The second-order valence-electron chi connectivity index (χ2n) is 4.27. The highest BCUT2D eigenvalue weighted by molar-refractivity contribution is 7.89. The lowest BCUT2D eigenvalue weighted by atomic mass is 10.1. The summed E-state index contributed by atoms with van der Waals surface area (Å²) in [5, 5.41) is 8.58. The molecule has 0 amide bonds. The van der Waals surface area contributed by atoms with Crippen molar-refractivity contribution < 1.29 is 23.1 Å². The Labute approximate surface area is 118 Å². The molecule has 0 aliphatic carbocycles. The lowest BCUT2D eigenvalue weighted by molar-refractivity contribution is -0.137. The fraction of sp³-hybridized carbons (Fsp3) is 0.385. The van der Waals surface area contributed by atoms with Crippen molar-refractivity contribution in [2.24, 2.45) is 0 Å². The van der Waals surface area contributed by atoms with E-state index in [1.807, 2.05) is 0 Å². The molecule has 0 saturated heterocycles. The molecule has 0 aromatic heterocycles. The molecule has 0 bridgehead atoms. The molecule has 0 unspecified atom stereocenters. The van der Waals surface area contributed by atoms with Gasteiger partial charge >= 0.3 is 5.97 Å². The van der Waals surface area contributed by atoms with Crippen LogP contribution in [0.2, 0.25) is 0 Å². The van der Waals surface area contributed by atoms with Crippen molar-refractivity contribution in [2.75, 3.05) is 13.6 Å². The topological polar surface area (TPSA) is 91.8 Å². The van der Waals surface area contributed by atoms with Gasteiger partial charge < -0.3 is 5.11 Å². The number of benzene rings is 1. The minimum absolute atomic E-state index is 0.00955. The van der Waals surface area contributed by atoms with Crippen LogP contribution in [0.1, 0.15) is 30.1 Å². The number of carbonyl (C=O) groups excluding carboxylic acids is 1. The highest BCUT2D eigenvalue weighted by atomic mass is 32.2. The van der Waals surface area contributed by atoms with Gasteiger partial charge in [0.15, 0.2) is 5.78 Å². The summed E-state index contributed by atoms with van der Waals surface area (Å²) in [6.07, 6.45) is 0.0155. The Kier molecular flexibility index (Phi) is 5.41. The second kappa shape index (κ2) is 6.62. The lowest BCUT2D eigenvalue weighted by Crippen LogP contribution is -2.29. The maximum Gasteiger partial charge on any atom is 0.304 e. The van der Waals surface area contributed by atoms with E-state index in [0.29, 0.717) is 12.0 Å². The smallest absolute Gasteiger partial charge is 0.304 e.